The van der Waals surface area contributed by atoms with Gasteiger partial charge in [-0.2, -0.15) is 0 Å². The molecule has 1 nitrogen and oxygen atoms in total. The van der Waals surface area contributed by atoms with Crippen molar-refractivity contribution in [3.63, 3.8) is 0 Å². The highest BCUT2D eigenvalue weighted by molar-refractivity contribution is 5.22. The first-order valence-electron chi connectivity index (χ1n) is 6.13. The van der Waals surface area contributed by atoms with Crippen molar-refractivity contribution in [2.24, 2.45) is 0 Å². The van der Waals surface area contributed by atoms with Crippen LogP contribution in [0.1, 0.15) is 31.1 Å². The highest BCUT2D eigenvalue weighted by atomic mass is 16.3. The Morgan fingerprint density at radius 3 is 1.82 bits per heavy atom. The molecule has 1 atom stereocenters. The normalized spacial score (nSPS) is 11.2. The Morgan fingerprint density at radius 1 is 0.824 bits per heavy atom. The number of rotatable bonds is 3. The molecule has 0 aliphatic heterocycles. The topological polar surface area (TPSA) is 20.2 Å². The molecule has 0 saturated carbocycles. The van der Waals surface area contributed by atoms with Gasteiger partial charge in [-0.3, -0.25) is 0 Å². The molecule has 0 spiro atoms. The molecule has 0 unspecified atom stereocenters. The van der Waals surface area contributed by atoms with Gasteiger partial charge in [0.2, 0.25) is 0 Å². The molecule has 90 valence electrons. The fourth-order valence-electron chi connectivity index (χ4n) is 1.63. The van der Waals surface area contributed by atoms with Crippen LogP contribution in [0.15, 0.2) is 60.7 Å². The molecule has 17 heavy (non-hydrogen) atoms. The predicted octanol–water partition coefficient (Wildman–Crippen LogP) is 3.99. The van der Waals surface area contributed by atoms with E-state index in [-0.39, 0.29) is 0 Å². The molecule has 0 amide bonds. The van der Waals surface area contributed by atoms with Crippen molar-refractivity contribution < 1.29 is 5.11 Å². The Balaban J connectivity index is 0.000000686. The molecule has 1 heteroatoms. The SMILES string of the molecule is CC.O[C@H](Cc1ccccc1)c1ccccc1. The van der Waals surface area contributed by atoms with Gasteiger partial charge in [0.15, 0.2) is 0 Å². The number of benzene rings is 2. The van der Waals surface area contributed by atoms with Crippen LogP contribution in [-0.2, 0) is 6.42 Å². The Morgan fingerprint density at radius 2 is 1.29 bits per heavy atom. The maximum atomic E-state index is 9.97. The molecule has 0 radical (unpaired) electrons. The molecule has 2 rings (SSSR count). The molecule has 0 aliphatic rings. The minimum atomic E-state index is -0.409. The van der Waals surface area contributed by atoms with Gasteiger partial charge < -0.3 is 5.11 Å². The molecular formula is C16H20O. The van der Waals surface area contributed by atoms with Gasteiger partial charge in [0.05, 0.1) is 6.10 Å². The van der Waals surface area contributed by atoms with Crippen LogP contribution >= 0.6 is 0 Å². The minimum Gasteiger partial charge on any atom is -0.388 e. The summed E-state index contributed by atoms with van der Waals surface area (Å²) in [6.45, 7) is 4.00. The van der Waals surface area contributed by atoms with E-state index in [2.05, 4.69) is 0 Å². The van der Waals surface area contributed by atoms with E-state index in [1.807, 2.05) is 74.5 Å². The monoisotopic (exact) mass is 228 g/mol. The smallest absolute Gasteiger partial charge is 0.0830 e. The lowest BCUT2D eigenvalue weighted by Crippen LogP contribution is -2.01. The first kappa shape index (κ1) is 13.5. The third kappa shape index (κ3) is 4.41. The summed E-state index contributed by atoms with van der Waals surface area (Å²) in [5.74, 6) is 0. The lowest BCUT2D eigenvalue weighted by Gasteiger charge is -2.10. The molecule has 0 bridgehead atoms. The Kier molecular flexibility index (Phi) is 6.05. The maximum Gasteiger partial charge on any atom is 0.0830 e. The van der Waals surface area contributed by atoms with Crippen LogP contribution in [0.2, 0.25) is 0 Å². The Labute approximate surface area is 104 Å². The van der Waals surface area contributed by atoms with E-state index in [1.54, 1.807) is 0 Å². The van der Waals surface area contributed by atoms with Gasteiger partial charge in [-0.25, -0.2) is 0 Å². The summed E-state index contributed by atoms with van der Waals surface area (Å²) < 4.78 is 0. The fourth-order valence-corrected chi connectivity index (χ4v) is 1.63. The van der Waals surface area contributed by atoms with E-state index in [4.69, 9.17) is 0 Å². The van der Waals surface area contributed by atoms with Gasteiger partial charge in [0.1, 0.15) is 0 Å². The van der Waals surface area contributed by atoms with Gasteiger partial charge >= 0.3 is 0 Å². The predicted molar refractivity (Wildman–Crippen MR) is 72.9 cm³/mol. The molecule has 0 aromatic heterocycles. The second kappa shape index (κ2) is 7.64. The van der Waals surface area contributed by atoms with Crippen molar-refractivity contribution in [2.45, 2.75) is 26.4 Å². The fraction of sp³-hybridized carbons (Fsp3) is 0.250. The van der Waals surface area contributed by atoms with Gasteiger partial charge in [-0.05, 0) is 11.1 Å². The highest BCUT2D eigenvalue weighted by Gasteiger charge is 2.06. The zero-order chi connectivity index (χ0) is 12.5. The van der Waals surface area contributed by atoms with Crippen LogP contribution < -0.4 is 0 Å². The highest BCUT2D eigenvalue weighted by Crippen LogP contribution is 2.17. The summed E-state index contributed by atoms with van der Waals surface area (Å²) in [5, 5.41) is 9.97. The Hall–Kier alpha value is -1.60. The zero-order valence-electron chi connectivity index (χ0n) is 10.5. The van der Waals surface area contributed by atoms with Gasteiger partial charge in [0, 0.05) is 6.42 Å². The van der Waals surface area contributed by atoms with Crippen LogP contribution in [-0.4, -0.2) is 5.11 Å². The van der Waals surface area contributed by atoms with E-state index in [0.29, 0.717) is 6.42 Å². The maximum absolute atomic E-state index is 9.97. The summed E-state index contributed by atoms with van der Waals surface area (Å²) in [6, 6.07) is 19.8. The lowest BCUT2D eigenvalue weighted by atomic mass is 10.0. The third-order valence-corrected chi connectivity index (χ3v) is 2.46. The zero-order valence-corrected chi connectivity index (χ0v) is 10.5. The lowest BCUT2D eigenvalue weighted by molar-refractivity contribution is 0.178. The summed E-state index contributed by atoms with van der Waals surface area (Å²) in [5.41, 5.74) is 2.13. The van der Waals surface area contributed by atoms with Gasteiger partial charge in [-0.15, -0.1) is 0 Å². The second-order valence-corrected chi connectivity index (χ2v) is 3.62. The first-order valence-corrected chi connectivity index (χ1v) is 6.13. The van der Waals surface area contributed by atoms with E-state index in [1.165, 1.54) is 0 Å². The molecule has 0 saturated heterocycles. The molecule has 2 aromatic rings. The van der Waals surface area contributed by atoms with Crippen LogP contribution in [0, 0.1) is 0 Å². The second-order valence-electron chi connectivity index (χ2n) is 3.62. The average molecular weight is 228 g/mol. The summed E-state index contributed by atoms with van der Waals surface area (Å²) in [4.78, 5) is 0. The van der Waals surface area contributed by atoms with Crippen LogP contribution in [0.5, 0.6) is 0 Å². The summed E-state index contributed by atoms with van der Waals surface area (Å²) in [7, 11) is 0. The van der Waals surface area contributed by atoms with Crippen molar-refractivity contribution in [1.29, 1.82) is 0 Å². The Bertz CT molecular complexity index is 394. The van der Waals surface area contributed by atoms with E-state index >= 15 is 0 Å². The number of hydrogen-bond acceptors (Lipinski definition) is 1. The van der Waals surface area contributed by atoms with E-state index in [9.17, 15) is 5.11 Å². The van der Waals surface area contributed by atoms with Gasteiger partial charge in [-0.1, -0.05) is 74.5 Å². The summed E-state index contributed by atoms with van der Waals surface area (Å²) >= 11 is 0. The van der Waals surface area contributed by atoms with Crippen molar-refractivity contribution in [2.75, 3.05) is 0 Å². The summed E-state index contributed by atoms with van der Waals surface area (Å²) in [6.07, 6.45) is 0.263. The average Bonchev–Trinajstić information content (AvgIpc) is 2.43. The van der Waals surface area contributed by atoms with Crippen LogP contribution in [0.25, 0.3) is 0 Å². The quantitative estimate of drug-likeness (QED) is 0.842. The standard InChI is InChI=1S/C14H14O.C2H6/c15-14(13-9-5-2-6-10-13)11-12-7-3-1-4-8-12;1-2/h1-10,14-15H,11H2;1-2H3/t14-;/m1./s1. The molecule has 0 aliphatic carbocycles. The van der Waals surface area contributed by atoms with Crippen LogP contribution in [0.3, 0.4) is 0 Å². The van der Waals surface area contributed by atoms with Crippen molar-refractivity contribution >= 4 is 0 Å². The molecule has 2 aromatic carbocycles. The van der Waals surface area contributed by atoms with E-state index in [0.717, 1.165) is 11.1 Å². The minimum absolute atomic E-state index is 0.409. The van der Waals surface area contributed by atoms with Gasteiger partial charge in [0.25, 0.3) is 0 Å². The molecule has 0 heterocycles. The van der Waals surface area contributed by atoms with Crippen LogP contribution in [0.4, 0.5) is 0 Å². The van der Waals surface area contributed by atoms with E-state index < -0.39 is 6.10 Å². The molecule has 0 fully saturated rings. The number of aliphatic hydroxyl groups is 1. The number of hydrogen-bond donors (Lipinski definition) is 1. The molecular weight excluding hydrogens is 208 g/mol. The molecule has 1 N–H and O–H groups in total. The largest absolute Gasteiger partial charge is 0.388 e. The van der Waals surface area contributed by atoms with Crippen molar-refractivity contribution in [3.8, 4) is 0 Å². The first-order chi connectivity index (χ1) is 8.36. The van der Waals surface area contributed by atoms with Crippen molar-refractivity contribution in [1.82, 2.24) is 0 Å². The number of aliphatic hydroxyl groups excluding tert-OH is 1. The third-order valence-electron chi connectivity index (χ3n) is 2.46. The van der Waals surface area contributed by atoms with Crippen molar-refractivity contribution in [3.05, 3.63) is 71.8 Å².